The van der Waals surface area contributed by atoms with Gasteiger partial charge in [0.2, 0.25) is 5.91 Å². The maximum absolute atomic E-state index is 15.0. The van der Waals surface area contributed by atoms with Crippen LogP contribution in [-0.2, 0) is 4.79 Å². The Morgan fingerprint density at radius 1 is 1.07 bits per heavy atom. The van der Waals surface area contributed by atoms with Gasteiger partial charge in [-0.25, -0.2) is 4.39 Å². The van der Waals surface area contributed by atoms with E-state index in [1.807, 2.05) is 11.0 Å². The first-order valence-electron chi connectivity index (χ1n) is 14.8. The van der Waals surface area contributed by atoms with Crippen LogP contribution in [0.4, 0.5) is 4.39 Å². The zero-order valence-corrected chi connectivity index (χ0v) is 24.8. The Kier molecular flexibility index (Phi) is 10.0. The molecule has 2 aromatic carbocycles. The lowest BCUT2D eigenvalue weighted by Crippen LogP contribution is -2.54. The van der Waals surface area contributed by atoms with Crippen molar-refractivity contribution < 1.29 is 19.1 Å². The van der Waals surface area contributed by atoms with Gasteiger partial charge in [-0.3, -0.25) is 9.59 Å². The lowest BCUT2D eigenvalue weighted by Gasteiger charge is -2.45. The van der Waals surface area contributed by atoms with Crippen molar-refractivity contribution in [2.45, 2.75) is 58.4 Å². The van der Waals surface area contributed by atoms with Gasteiger partial charge in [-0.05, 0) is 95.0 Å². The molecule has 0 unspecified atom stereocenters. The largest absolute Gasteiger partial charge is 0.508 e. The second kappa shape index (κ2) is 13.3. The van der Waals surface area contributed by atoms with Crippen molar-refractivity contribution in [3.05, 3.63) is 65.0 Å². The molecule has 2 aromatic rings. The van der Waals surface area contributed by atoms with E-state index in [1.165, 1.54) is 12.1 Å². The van der Waals surface area contributed by atoms with E-state index in [0.29, 0.717) is 30.1 Å². The summed E-state index contributed by atoms with van der Waals surface area (Å²) in [6.45, 7) is 9.62. The molecule has 218 valence electrons. The number of phenolic OH excluding ortho intramolecular Hbond substituents is 1. The van der Waals surface area contributed by atoms with Gasteiger partial charge in [0.15, 0.2) is 5.78 Å². The summed E-state index contributed by atoms with van der Waals surface area (Å²) in [4.78, 5) is 35.1. The Morgan fingerprint density at radius 3 is 2.50 bits per heavy atom. The Bertz CT molecular complexity index is 1180. The highest BCUT2D eigenvalue weighted by Gasteiger charge is 2.47. The van der Waals surface area contributed by atoms with Gasteiger partial charge >= 0.3 is 0 Å². The summed E-state index contributed by atoms with van der Waals surface area (Å²) in [5.41, 5.74) is 1.66. The molecule has 2 heterocycles. The van der Waals surface area contributed by atoms with Crippen molar-refractivity contribution in [2.75, 3.05) is 46.8 Å². The van der Waals surface area contributed by atoms with Crippen molar-refractivity contribution in [3.8, 4) is 5.75 Å². The molecule has 2 fully saturated rings. The second-order valence-corrected chi connectivity index (χ2v) is 12.4. The molecule has 1 amide bonds. The third kappa shape index (κ3) is 6.74. The van der Waals surface area contributed by atoms with Crippen molar-refractivity contribution in [3.63, 3.8) is 0 Å². The minimum Gasteiger partial charge on any atom is -0.508 e. The molecule has 2 aliphatic heterocycles. The average molecular weight is 552 g/mol. The second-order valence-electron chi connectivity index (χ2n) is 12.4. The first-order chi connectivity index (χ1) is 19.1. The van der Waals surface area contributed by atoms with E-state index in [4.69, 9.17) is 0 Å². The number of likely N-dealkylation sites (tertiary alicyclic amines) is 2. The normalized spacial score (nSPS) is 23.8. The molecule has 0 aromatic heterocycles. The molecular formula is C33H46FN3O3. The summed E-state index contributed by atoms with van der Waals surface area (Å²) in [5.74, 6) is -1.43. The van der Waals surface area contributed by atoms with E-state index >= 15 is 0 Å². The summed E-state index contributed by atoms with van der Waals surface area (Å²) in [6.07, 6.45) is 3.96. The highest BCUT2D eigenvalue weighted by molar-refractivity contribution is 5.99. The van der Waals surface area contributed by atoms with E-state index < -0.39 is 17.8 Å². The molecule has 2 aliphatic rings. The van der Waals surface area contributed by atoms with Crippen molar-refractivity contribution in [1.82, 2.24) is 14.7 Å². The summed E-state index contributed by atoms with van der Waals surface area (Å²) in [6, 6.07) is 11.6. The molecule has 2 saturated heterocycles. The smallest absolute Gasteiger partial charge is 0.227 e. The van der Waals surface area contributed by atoms with Crippen LogP contribution in [0, 0.1) is 30.5 Å². The van der Waals surface area contributed by atoms with Gasteiger partial charge in [0, 0.05) is 43.1 Å². The number of hydrogen-bond donors (Lipinski definition) is 1. The van der Waals surface area contributed by atoms with Gasteiger partial charge in [0.1, 0.15) is 11.6 Å². The molecule has 7 heteroatoms. The fourth-order valence-corrected chi connectivity index (χ4v) is 6.83. The van der Waals surface area contributed by atoms with E-state index in [-0.39, 0.29) is 29.3 Å². The Hall–Kier alpha value is -2.77. The predicted octanol–water partition coefficient (Wildman–Crippen LogP) is 5.34. The number of ketones is 1. The number of halogens is 1. The third-order valence-corrected chi connectivity index (χ3v) is 8.91. The maximum Gasteiger partial charge on any atom is 0.227 e. The van der Waals surface area contributed by atoms with Gasteiger partial charge < -0.3 is 19.8 Å². The zero-order valence-electron chi connectivity index (χ0n) is 24.8. The maximum atomic E-state index is 15.0. The monoisotopic (exact) mass is 551 g/mol. The van der Waals surface area contributed by atoms with Gasteiger partial charge in [0.25, 0.3) is 0 Å². The molecule has 6 nitrogen and oxygen atoms in total. The van der Waals surface area contributed by atoms with Crippen LogP contribution >= 0.6 is 0 Å². The molecule has 0 spiro atoms. The quantitative estimate of drug-likeness (QED) is 0.319. The number of hydrogen-bond acceptors (Lipinski definition) is 5. The highest BCUT2D eigenvalue weighted by Crippen LogP contribution is 2.43. The number of unbranched alkanes of at least 4 members (excludes halogenated alkanes) is 1. The number of benzene rings is 2. The van der Waals surface area contributed by atoms with Gasteiger partial charge in [-0.2, -0.15) is 0 Å². The lowest BCUT2D eigenvalue weighted by molar-refractivity contribution is -0.140. The van der Waals surface area contributed by atoms with E-state index in [2.05, 4.69) is 37.7 Å². The van der Waals surface area contributed by atoms with Crippen molar-refractivity contribution in [1.29, 1.82) is 0 Å². The lowest BCUT2D eigenvalue weighted by atomic mass is 9.69. The minimum absolute atomic E-state index is 0.0326. The van der Waals surface area contributed by atoms with Crippen LogP contribution in [0.15, 0.2) is 42.5 Å². The SMILES string of the molecule is Cc1c(F)cccc1[C@@H]1[C@@H](C(=O)c2cccc(O)c2)CN(CCCCN(C)C)C[C@H]1C(=O)N1CCC[C@H]1C(C)C. The molecule has 0 saturated carbocycles. The number of nitrogens with zero attached hydrogens (tertiary/aromatic N) is 3. The van der Waals surface area contributed by atoms with E-state index in [9.17, 15) is 19.1 Å². The van der Waals surface area contributed by atoms with Gasteiger partial charge in [-0.15, -0.1) is 0 Å². The first-order valence-corrected chi connectivity index (χ1v) is 14.8. The van der Waals surface area contributed by atoms with Crippen molar-refractivity contribution >= 4 is 11.7 Å². The topological polar surface area (TPSA) is 64.1 Å². The standard InChI is InChI=1S/C33H46FN3O3/c1-22(2)30-15-10-18-37(30)33(40)28-21-36(17-7-6-16-35(4)5)20-27(32(39)24-11-8-12-25(38)19-24)31(28)26-13-9-14-29(34)23(26)3/h8-9,11-14,19,22,27-28,30-31,38H,6-7,10,15-18,20-21H2,1-5H3/t27-,28+,30-,31+/m0/s1. The molecule has 0 aliphatic carbocycles. The van der Waals surface area contributed by atoms with Gasteiger partial charge in [0.05, 0.1) is 5.92 Å². The van der Waals surface area contributed by atoms with Crippen LogP contribution in [0.5, 0.6) is 5.75 Å². The molecule has 0 bridgehead atoms. The van der Waals surface area contributed by atoms with Gasteiger partial charge in [-0.1, -0.05) is 38.1 Å². The van der Waals surface area contributed by atoms with Crippen LogP contribution in [0.3, 0.4) is 0 Å². The zero-order chi connectivity index (χ0) is 29.0. The Morgan fingerprint density at radius 2 is 1.80 bits per heavy atom. The summed E-state index contributed by atoms with van der Waals surface area (Å²) in [5, 5.41) is 10.2. The molecule has 40 heavy (non-hydrogen) atoms. The predicted molar refractivity (Wildman–Crippen MR) is 157 cm³/mol. The molecule has 4 rings (SSSR count). The molecule has 4 atom stereocenters. The number of amides is 1. The minimum atomic E-state index is -0.543. The fraction of sp³-hybridized carbons (Fsp3) is 0.576. The van der Waals surface area contributed by atoms with Crippen LogP contribution in [0.25, 0.3) is 0 Å². The molecule has 0 radical (unpaired) electrons. The fourth-order valence-electron chi connectivity index (χ4n) is 6.83. The van der Waals surface area contributed by atoms with Crippen LogP contribution in [0.1, 0.15) is 66.9 Å². The van der Waals surface area contributed by atoms with Crippen LogP contribution in [0.2, 0.25) is 0 Å². The molecular weight excluding hydrogens is 505 g/mol. The van der Waals surface area contributed by atoms with E-state index in [1.54, 1.807) is 31.2 Å². The number of rotatable bonds is 10. The van der Waals surface area contributed by atoms with Crippen molar-refractivity contribution in [2.24, 2.45) is 17.8 Å². The number of carbonyl (C=O) groups excluding carboxylic acids is 2. The summed E-state index contributed by atoms with van der Waals surface area (Å²) < 4.78 is 15.0. The summed E-state index contributed by atoms with van der Waals surface area (Å²) >= 11 is 0. The number of aromatic hydroxyl groups is 1. The average Bonchev–Trinajstić information content (AvgIpc) is 3.42. The number of phenols is 1. The van der Waals surface area contributed by atoms with Crippen LogP contribution < -0.4 is 0 Å². The number of carbonyl (C=O) groups is 2. The summed E-state index contributed by atoms with van der Waals surface area (Å²) in [7, 11) is 4.12. The number of Topliss-reactive ketones (excluding diaryl/α,β-unsaturated/α-hetero) is 1. The molecule has 1 N–H and O–H groups in total. The first kappa shape index (κ1) is 30.2. The highest BCUT2D eigenvalue weighted by atomic mass is 19.1. The number of piperidine rings is 1. The van der Waals surface area contributed by atoms with E-state index in [0.717, 1.165) is 50.9 Å². The Labute approximate surface area is 239 Å². The third-order valence-electron chi connectivity index (χ3n) is 8.91. The van der Waals surface area contributed by atoms with Crippen LogP contribution in [-0.4, -0.2) is 84.4 Å². The Balaban J connectivity index is 1.76.